The van der Waals surface area contributed by atoms with E-state index in [0.717, 1.165) is 16.8 Å². The smallest absolute Gasteiger partial charge is 0.255 e. The molecule has 0 spiro atoms. The Bertz CT molecular complexity index is 647. The van der Waals surface area contributed by atoms with Crippen molar-refractivity contribution in [3.05, 3.63) is 64.2 Å². The Morgan fingerprint density at radius 3 is 2.45 bits per heavy atom. The minimum Gasteiger partial charge on any atom is -0.326 e. The number of aryl methyl sites for hydroxylation is 3. The molecule has 0 unspecified atom stereocenters. The Labute approximate surface area is 119 Å². The van der Waals surface area contributed by atoms with Crippen molar-refractivity contribution in [2.75, 3.05) is 5.32 Å². The van der Waals surface area contributed by atoms with Gasteiger partial charge in [-0.2, -0.15) is 0 Å². The van der Waals surface area contributed by atoms with Crippen LogP contribution in [0.1, 0.15) is 32.6 Å². The highest BCUT2D eigenvalue weighted by Crippen LogP contribution is 2.20. The van der Waals surface area contributed by atoms with E-state index >= 15 is 0 Å². The normalized spacial score (nSPS) is 10.4. The van der Waals surface area contributed by atoms with Crippen molar-refractivity contribution in [1.82, 2.24) is 0 Å². The Hall–Kier alpha value is -2.13. The second-order valence-corrected chi connectivity index (χ2v) is 5.11. The van der Waals surface area contributed by atoms with Gasteiger partial charge in [-0.15, -0.1) is 0 Å². The monoisotopic (exact) mass is 268 g/mol. The van der Waals surface area contributed by atoms with Gasteiger partial charge >= 0.3 is 0 Å². The molecule has 0 saturated heterocycles. The number of hydrogen-bond donors (Lipinski definition) is 2. The van der Waals surface area contributed by atoms with E-state index < -0.39 is 0 Å². The number of carbonyl (C=O) groups is 1. The van der Waals surface area contributed by atoms with E-state index in [9.17, 15) is 4.79 Å². The highest BCUT2D eigenvalue weighted by atomic mass is 16.1. The first kappa shape index (κ1) is 14.3. The van der Waals surface area contributed by atoms with Gasteiger partial charge < -0.3 is 11.1 Å². The van der Waals surface area contributed by atoms with Gasteiger partial charge in [0.15, 0.2) is 0 Å². The molecule has 20 heavy (non-hydrogen) atoms. The minimum absolute atomic E-state index is 0.105. The van der Waals surface area contributed by atoms with Crippen molar-refractivity contribution in [2.24, 2.45) is 5.73 Å². The van der Waals surface area contributed by atoms with Crippen LogP contribution in [-0.2, 0) is 6.54 Å². The van der Waals surface area contributed by atoms with E-state index in [2.05, 4.69) is 18.3 Å². The van der Waals surface area contributed by atoms with Crippen molar-refractivity contribution < 1.29 is 4.79 Å². The number of carbonyl (C=O) groups excluding carboxylic acids is 1. The van der Waals surface area contributed by atoms with Crippen LogP contribution in [-0.4, -0.2) is 5.91 Å². The number of nitrogens with one attached hydrogen (secondary N) is 1. The summed E-state index contributed by atoms with van der Waals surface area (Å²) in [5.74, 6) is -0.105. The maximum absolute atomic E-state index is 12.3. The van der Waals surface area contributed by atoms with Crippen LogP contribution < -0.4 is 11.1 Å². The zero-order valence-electron chi connectivity index (χ0n) is 12.2. The maximum Gasteiger partial charge on any atom is 0.255 e. The van der Waals surface area contributed by atoms with Crippen molar-refractivity contribution in [3.8, 4) is 0 Å². The number of nitrogens with two attached hydrogens (primary N) is 1. The van der Waals surface area contributed by atoms with Gasteiger partial charge in [-0.05, 0) is 61.2 Å². The summed E-state index contributed by atoms with van der Waals surface area (Å²) < 4.78 is 0. The van der Waals surface area contributed by atoms with Crippen LogP contribution in [0.3, 0.4) is 0 Å². The molecule has 0 aliphatic rings. The largest absolute Gasteiger partial charge is 0.326 e. The third-order valence-electron chi connectivity index (χ3n) is 3.51. The van der Waals surface area contributed by atoms with Gasteiger partial charge in [-0.25, -0.2) is 0 Å². The average Bonchev–Trinajstić information content (AvgIpc) is 2.44. The summed E-state index contributed by atoms with van der Waals surface area (Å²) in [6.07, 6.45) is 0. The van der Waals surface area contributed by atoms with E-state index in [-0.39, 0.29) is 5.91 Å². The van der Waals surface area contributed by atoms with Crippen molar-refractivity contribution in [2.45, 2.75) is 27.3 Å². The third kappa shape index (κ3) is 3.06. The van der Waals surface area contributed by atoms with Gasteiger partial charge in [-0.1, -0.05) is 18.2 Å². The molecule has 2 aromatic carbocycles. The zero-order valence-corrected chi connectivity index (χ0v) is 12.2. The maximum atomic E-state index is 12.3. The number of benzene rings is 2. The van der Waals surface area contributed by atoms with Crippen LogP contribution in [0.5, 0.6) is 0 Å². The molecule has 2 rings (SSSR count). The van der Waals surface area contributed by atoms with Gasteiger partial charge in [0.05, 0.1) is 0 Å². The molecule has 3 nitrogen and oxygen atoms in total. The fourth-order valence-electron chi connectivity index (χ4n) is 2.13. The highest BCUT2D eigenvalue weighted by Gasteiger charge is 2.09. The van der Waals surface area contributed by atoms with E-state index in [1.165, 1.54) is 11.1 Å². The molecule has 0 aliphatic heterocycles. The number of hydrogen-bond acceptors (Lipinski definition) is 2. The first-order valence-corrected chi connectivity index (χ1v) is 6.69. The van der Waals surface area contributed by atoms with Crippen LogP contribution >= 0.6 is 0 Å². The van der Waals surface area contributed by atoms with Gasteiger partial charge in [0.1, 0.15) is 0 Å². The molecule has 2 aromatic rings. The highest BCUT2D eigenvalue weighted by molar-refractivity contribution is 6.04. The van der Waals surface area contributed by atoms with Crippen molar-refractivity contribution >= 4 is 11.6 Å². The lowest BCUT2D eigenvalue weighted by Crippen LogP contribution is -2.13. The number of amides is 1. The Morgan fingerprint density at radius 1 is 1.05 bits per heavy atom. The zero-order chi connectivity index (χ0) is 14.7. The molecule has 0 fully saturated rings. The third-order valence-corrected chi connectivity index (χ3v) is 3.51. The van der Waals surface area contributed by atoms with E-state index in [1.807, 2.05) is 38.1 Å². The molecule has 0 heterocycles. The molecule has 104 valence electrons. The minimum atomic E-state index is -0.105. The summed E-state index contributed by atoms with van der Waals surface area (Å²) in [4.78, 5) is 12.3. The lowest BCUT2D eigenvalue weighted by Gasteiger charge is -2.12. The van der Waals surface area contributed by atoms with Crippen LogP contribution in [0.25, 0.3) is 0 Å². The molecule has 0 atom stereocenters. The van der Waals surface area contributed by atoms with Gasteiger partial charge in [0.2, 0.25) is 0 Å². The second kappa shape index (κ2) is 5.88. The van der Waals surface area contributed by atoms with Crippen molar-refractivity contribution in [3.63, 3.8) is 0 Å². The number of anilines is 1. The molecule has 0 saturated carbocycles. The Balaban J connectivity index is 2.25. The van der Waals surface area contributed by atoms with Crippen molar-refractivity contribution in [1.29, 1.82) is 0 Å². The summed E-state index contributed by atoms with van der Waals surface area (Å²) in [6.45, 7) is 6.54. The molecule has 3 N–H and O–H groups in total. The van der Waals surface area contributed by atoms with E-state index in [4.69, 9.17) is 5.73 Å². The van der Waals surface area contributed by atoms with Crippen LogP contribution in [0.2, 0.25) is 0 Å². The molecule has 1 amide bonds. The SMILES string of the molecule is Cc1cc(C)c(NC(=O)c2cccc(CN)c2)cc1C. The predicted molar refractivity (Wildman–Crippen MR) is 82.9 cm³/mol. The van der Waals surface area contributed by atoms with Crippen LogP contribution in [0.4, 0.5) is 5.69 Å². The molecule has 0 bridgehead atoms. The molecule has 3 heteroatoms. The second-order valence-electron chi connectivity index (χ2n) is 5.11. The summed E-state index contributed by atoms with van der Waals surface area (Å²) in [7, 11) is 0. The fraction of sp³-hybridized carbons (Fsp3) is 0.235. The summed E-state index contributed by atoms with van der Waals surface area (Å²) in [6, 6.07) is 11.5. The summed E-state index contributed by atoms with van der Waals surface area (Å²) in [5.41, 5.74) is 11.5. The lowest BCUT2D eigenvalue weighted by molar-refractivity contribution is 0.102. The standard InChI is InChI=1S/C17H20N2O/c1-11-7-13(3)16(8-12(11)2)19-17(20)15-6-4-5-14(9-15)10-18/h4-9H,10,18H2,1-3H3,(H,19,20). The van der Waals surface area contributed by atoms with Crippen LogP contribution in [0.15, 0.2) is 36.4 Å². The quantitative estimate of drug-likeness (QED) is 0.897. The number of rotatable bonds is 3. The van der Waals surface area contributed by atoms with Gasteiger partial charge in [-0.3, -0.25) is 4.79 Å². The molecule has 0 aliphatic carbocycles. The average molecular weight is 268 g/mol. The van der Waals surface area contributed by atoms with E-state index in [0.29, 0.717) is 12.1 Å². The van der Waals surface area contributed by atoms with E-state index in [1.54, 1.807) is 6.07 Å². The van der Waals surface area contributed by atoms with Gasteiger partial charge in [0, 0.05) is 17.8 Å². The summed E-state index contributed by atoms with van der Waals surface area (Å²) >= 11 is 0. The summed E-state index contributed by atoms with van der Waals surface area (Å²) in [5, 5.41) is 2.97. The first-order chi connectivity index (χ1) is 9.51. The van der Waals surface area contributed by atoms with Crippen LogP contribution in [0, 0.1) is 20.8 Å². The fourth-order valence-corrected chi connectivity index (χ4v) is 2.13. The topological polar surface area (TPSA) is 55.1 Å². The Kier molecular flexibility index (Phi) is 4.20. The van der Waals surface area contributed by atoms with Gasteiger partial charge in [0.25, 0.3) is 5.91 Å². The molecular weight excluding hydrogens is 248 g/mol. The molecule has 0 aromatic heterocycles. The molecule has 0 radical (unpaired) electrons. The Morgan fingerprint density at radius 2 is 1.75 bits per heavy atom. The lowest BCUT2D eigenvalue weighted by atomic mass is 10.0. The first-order valence-electron chi connectivity index (χ1n) is 6.69. The molecular formula is C17H20N2O. The predicted octanol–water partition coefficient (Wildman–Crippen LogP) is 3.32.